The van der Waals surface area contributed by atoms with Crippen LogP contribution in [0.2, 0.25) is 0 Å². The van der Waals surface area contributed by atoms with Gasteiger partial charge in [-0.25, -0.2) is 8.42 Å². The fourth-order valence-electron chi connectivity index (χ4n) is 4.82. The predicted molar refractivity (Wildman–Crippen MR) is 169 cm³/mol. The number of nitrogens with one attached hydrogen (secondary N) is 1. The van der Waals surface area contributed by atoms with Crippen molar-refractivity contribution in [3.05, 3.63) is 59.5 Å². The first kappa shape index (κ1) is 33.8. The molecule has 40 heavy (non-hydrogen) atoms. The Morgan fingerprint density at radius 2 is 1.52 bits per heavy atom. The highest BCUT2D eigenvalue weighted by atomic mass is 79.9. The summed E-state index contributed by atoms with van der Waals surface area (Å²) in [6.45, 7) is 10.4. The average Bonchev–Trinajstić information content (AvgIpc) is 3.22. The Morgan fingerprint density at radius 1 is 0.900 bits per heavy atom. The molecule has 222 valence electrons. The standard InChI is InChI=1S/C31H44N2O5S.BrH/c1-5-8-12-27-29(28-23-37-22-17-26(28)30(27)32-39(4,35)36)31(34)24-13-15-25(16-14-24)38-21-11-20-33(18-9-6-2)19-10-7-3;/h13-17,22-23,32H,5-12,18-21H2,1-4H3;1H. The summed E-state index contributed by atoms with van der Waals surface area (Å²) in [6, 6.07) is 8.92. The predicted octanol–water partition coefficient (Wildman–Crippen LogP) is 7.58. The molecule has 0 fully saturated rings. The molecule has 0 amide bonds. The molecule has 0 aromatic heterocycles. The van der Waals surface area contributed by atoms with Crippen molar-refractivity contribution in [2.24, 2.45) is 0 Å². The molecule has 0 unspecified atom stereocenters. The van der Waals surface area contributed by atoms with Gasteiger partial charge in [0.2, 0.25) is 10.0 Å². The van der Waals surface area contributed by atoms with E-state index in [1.807, 2.05) is 12.1 Å². The molecule has 0 radical (unpaired) electrons. The van der Waals surface area contributed by atoms with E-state index in [0.29, 0.717) is 46.5 Å². The number of hydrogen-bond acceptors (Lipinski definition) is 6. The van der Waals surface area contributed by atoms with Gasteiger partial charge < -0.3 is 14.1 Å². The summed E-state index contributed by atoms with van der Waals surface area (Å²) in [7, 11) is -3.54. The Kier molecular flexibility index (Phi) is 14.2. The van der Waals surface area contributed by atoms with Gasteiger partial charge in [-0.3, -0.25) is 9.52 Å². The second-order valence-electron chi connectivity index (χ2n) is 10.2. The molecule has 1 N–H and O–H groups in total. The summed E-state index contributed by atoms with van der Waals surface area (Å²) in [4.78, 5) is 16.3. The van der Waals surface area contributed by atoms with Crippen LogP contribution in [0.3, 0.4) is 0 Å². The molecule has 1 aromatic carbocycles. The lowest BCUT2D eigenvalue weighted by atomic mass is 9.96. The van der Waals surface area contributed by atoms with E-state index < -0.39 is 10.0 Å². The van der Waals surface area contributed by atoms with E-state index in [4.69, 9.17) is 9.15 Å². The maximum absolute atomic E-state index is 13.8. The largest absolute Gasteiger partial charge is 0.494 e. The third-order valence-electron chi connectivity index (χ3n) is 6.89. The van der Waals surface area contributed by atoms with Crippen molar-refractivity contribution in [3.8, 4) is 16.9 Å². The highest BCUT2D eigenvalue weighted by Crippen LogP contribution is 2.43. The number of ether oxygens (including phenoxy) is 1. The van der Waals surface area contributed by atoms with Crippen molar-refractivity contribution >= 4 is 38.5 Å². The number of ketones is 1. The van der Waals surface area contributed by atoms with Crippen LogP contribution in [0.15, 0.2) is 47.3 Å². The number of halogens is 1. The summed E-state index contributed by atoms with van der Waals surface area (Å²) in [6.07, 6.45) is 12.3. The summed E-state index contributed by atoms with van der Waals surface area (Å²) >= 11 is 0. The van der Waals surface area contributed by atoms with Gasteiger partial charge in [-0.2, -0.15) is 0 Å². The number of carbonyl (C=O) groups excluding carboxylic acids is 1. The quantitative estimate of drug-likeness (QED) is 0.114. The second-order valence-corrected chi connectivity index (χ2v) is 11.9. The molecule has 0 saturated heterocycles. The molecule has 9 heteroatoms. The number of anilines is 1. The Morgan fingerprint density at radius 3 is 2.12 bits per heavy atom. The SMILES string of the molecule is Br.CCCCc1c(NS(C)(=O)=O)c2ccocc-2c1C(=O)c1ccc(OCCCN(CCCC)CCCC)cc1. The van der Waals surface area contributed by atoms with Crippen molar-refractivity contribution in [1.29, 1.82) is 0 Å². The van der Waals surface area contributed by atoms with Crippen LogP contribution in [0.4, 0.5) is 5.69 Å². The first-order valence-corrected chi connectivity index (χ1v) is 16.2. The zero-order chi connectivity index (χ0) is 28.3. The molecule has 2 aliphatic rings. The lowest BCUT2D eigenvalue weighted by Gasteiger charge is -2.21. The van der Waals surface area contributed by atoms with E-state index >= 15 is 0 Å². The number of nitrogens with zero attached hydrogens (tertiary/aromatic N) is 1. The molecule has 0 spiro atoms. The van der Waals surface area contributed by atoms with Crippen molar-refractivity contribution in [2.45, 2.75) is 72.1 Å². The molecule has 3 rings (SSSR count). The van der Waals surface area contributed by atoms with Gasteiger partial charge in [0.05, 0.1) is 31.1 Å². The van der Waals surface area contributed by atoms with E-state index in [0.717, 1.165) is 50.9 Å². The molecule has 1 heterocycles. The first-order valence-electron chi connectivity index (χ1n) is 14.3. The number of hydrogen-bond donors (Lipinski definition) is 1. The summed E-state index contributed by atoms with van der Waals surface area (Å²) < 4.78 is 38.4. The molecular formula is C31H45BrN2O5S. The van der Waals surface area contributed by atoms with E-state index in [1.165, 1.54) is 38.2 Å². The van der Waals surface area contributed by atoms with Crippen LogP contribution < -0.4 is 9.46 Å². The van der Waals surface area contributed by atoms with E-state index in [2.05, 4.69) is 30.4 Å². The minimum atomic E-state index is -3.54. The van der Waals surface area contributed by atoms with E-state index in [1.54, 1.807) is 18.2 Å². The fraction of sp³-hybridized carbons (Fsp3) is 0.516. The van der Waals surface area contributed by atoms with Crippen LogP contribution in [-0.2, 0) is 16.4 Å². The van der Waals surface area contributed by atoms with Gasteiger partial charge in [0.1, 0.15) is 5.75 Å². The third kappa shape index (κ3) is 9.63. The van der Waals surface area contributed by atoms with Crippen LogP contribution >= 0.6 is 17.0 Å². The minimum absolute atomic E-state index is 0. The smallest absolute Gasteiger partial charge is 0.229 e. The van der Waals surface area contributed by atoms with Gasteiger partial charge in [0, 0.05) is 28.8 Å². The molecule has 1 aliphatic heterocycles. The number of rotatable bonds is 18. The Balaban J connectivity index is 0.00000560. The van der Waals surface area contributed by atoms with Crippen LogP contribution in [0, 0.1) is 0 Å². The first-order chi connectivity index (χ1) is 18.8. The topological polar surface area (TPSA) is 88.8 Å². The Hall–Kier alpha value is -2.36. The maximum Gasteiger partial charge on any atom is 0.229 e. The number of fused-ring (bicyclic) bond motifs is 1. The average molecular weight is 638 g/mol. The Bertz CT molecular complexity index is 1250. The number of benzene rings is 1. The van der Waals surface area contributed by atoms with Gasteiger partial charge in [-0.1, -0.05) is 40.0 Å². The van der Waals surface area contributed by atoms with Gasteiger partial charge in [-0.05, 0) is 81.1 Å². The van der Waals surface area contributed by atoms with Gasteiger partial charge in [0.15, 0.2) is 5.78 Å². The Labute approximate surface area is 250 Å². The lowest BCUT2D eigenvalue weighted by molar-refractivity contribution is 0.103. The number of sulfonamides is 1. The molecule has 1 aromatic rings. The van der Waals surface area contributed by atoms with Crippen LogP contribution in [-0.4, -0.2) is 51.6 Å². The van der Waals surface area contributed by atoms with Crippen LogP contribution in [0.25, 0.3) is 11.1 Å². The number of carbonyl (C=O) groups is 1. The summed E-state index contributed by atoms with van der Waals surface area (Å²) in [5.41, 5.74) is 3.45. The molecule has 7 nitrogen and oxygen atoms in total. The maximum atomic E-state index is 13.8. The van der Waals surface area contributed by atoms with Crippen molar-refractivity contribution in [1.82, 2.24) is 4.90 Å². The third-order valence-corrected chi connectivity index (χ3v) is 7.46. The van der Waals surface area contributed by atoms with Gasteiger partial charge in [0.25, 0.3) is 0 Å². The second kappa shape index (κ2) is 16.8. The lowest BCUT2D eigenvalue weighted by Crippen LogP contribution is -2.28. The molecule has 0 saturated carbocycles. The van der Waals surface area contributed by atoms with Gasteiger partial charge >= 0.3 is 0 Å². The van der Waals surface area contributed by atoms with E-state index in [-0.39, 0.29) is 22.8 Å². The number of unbranched alkanes of at least 4 members (excludes halogenated alkanes) is 3. The fourth-order valence-corrected chi connectivity index (χ4v) is 5.42. The van der Waals surface area contributed by atoms with E-state index in [9.17, 15) is 13.2 Å². The van der Waals surface area contributed by atoms with Crippen molar-refractivity contribution in [2.75, 3.05) is 37.2 Å². The van der Waals surface area contributed by atoms with Crippen LogP contribution in [0.5, 0.6) is 5.75 Å². The monoisotopic (exact) mass is 636 g/mol. The zero-order valence-electron chi connectivity index (χ0n) is 24.3. The summed E-state index contributed by atoms with van der Waals surface area (Å²) in [5.74, 6) is 0.566. The zero-order valence-corrected chi connectivity index (χ0v) is 26.9. The van der Waals surface area contributed by atoms with Crippen LogP contribution in [0.1, 0.15) is 87.2 Å². The molecular weight excluding hydrogens is 592 g/mol. The van der Waals surface area contributed by atoms with Crippen molar-refractivity contribution in [3.63, 3.8) is 0 Å². The van der Waals surface area contributed by atoms with Crippen molar-refractivity contribution < 1.29 is 22.4 Å². The highest BCUT2D eigenvalue weighted by molar-refractivity contribution is 8.93. The van der Waals surface area contributed by atoms with Gasteiger partial charge in [-0.15, -0.1) is 17.0 Å². The summed E-state index contributed by atoms with van der Waals surface area (Å²) in [5, 5.41) is 0. The molecule has 1 aliphatic carbocycles. The minimum Gasteiger partial charge on any atom is -0.494 e. The normalized spacial score (nSPS) is 11.5. The highest BCUT2D eigenvalue weighted by Gasteiger charge is 2.29. The molecule has 0 atom stereocenters. The molecule has 0 bridgehead atoms.